The molecule has 0 radical (unpaired) electrons. The maximum atomic E-state index is 6.08. The van der Waals surface area contributed by atoms with E-state index in [-0.39, 0.29) is 6.04 Å². The molecule has 2 aromatic carbocycles. The molecule has 0 aromatic heterocycles. The molecule has 0 aliphatic carbocycles. The van der Waals surface area contributed by atoms with Gasteiger partial charge in [-0.05, 0) is 51.8 Å². The topological polar surface area (TPSA) is 41.6 Å². The summed E-state index contributed by atoms with van der Waals surface area (Å²) in [6.07, 6.45) is 0. The Hall–Kier alpha value is -1.23. The molecule has 0 saturated carbocycles. The van der Waals surface area contributed by atoms with Gasteiger partial charge >= 0.3 is 0 Å². The van der Waals surface area contributed by atoms with Crippen LogP contribution in [0.25, 0.3) is 0 Å². The molecular formula is C15H12BrCl2N3. The fraction of sp³-hybridized carbons (Fsp3) is 0.133. The minimum atomic E-state index is 0.0389. The first-order valence-electron chi connectivity index (χ1n) is 6.36. The van der Waals surface area contributed by atoms with Crippen LogP contribution >= 0.6 is 39.1 Å². The fourth-order valence-electron chi connectivity index (χ4n) is 2.41. The van der Waals surface area contributed by atoms with E-state index >= 15 is 0 Å². The predicted octanol–water partition coefficient (Wildman–Crippen LogP) is 4.63. The average Bonchev–Trinajstić information content (AvgIpc) is 2.84. The first kappa shape index (κ1) is 14.7. The minimum Gasteiger partial charge on any atom is -0.369 e. The van der Waals surface area contributed by atoms with Gasteiger partial charge in [0.25, 0.3) is 0 Å². The normalized spacial score (nSPS) is 18.0. The monoisotopic (exact) mass is 383 g/mol. The van der Waals surface area contributed by atoms with Gasteiger partial charge in [0.15, 0.2) is 5.96 Å². The van der Waals surface area contributed by atoms with Crippen LogP contribution in [0.1, 0.15) is 11.6 Å². The van der Waals surface area contributed by atoms with Gasteiger partial charge in [-0.2, -0.15) is 0 Å². The average molecular weight is 385 g/mol. The smallest absolute Gasteiger partial charge is 0.196 e. The zero-order valence-electron chi connectivity index (χ0n) is 10.9. The third-order valence-corrected chi connectivity index (χ3v) is 4.85. The van der Waals surface area contributed by atoms with Crippen LogP contribution in [0.3, 0.4) is 0 Å². The number of hydrogen-bond acceptors (Lipinski definition) is 3. The van der Waals surface area contributed by atoms with E-state index in [2.05, 4.69) is 20.9 Å². The molecule has 0 fully saturated rings. The van der Waals surface area contributed by atoms with E-state index in [4.69, 9.17) is 28.9 Å². The summed E-state index contributed by atoms with van der Waals surface area (Å²) in [4.78, 5) is 6.35. The zero-order chi connectivity index (χ0) is 15.0. The van der Waals surface area contributed by atoms with Crippen molar-refractivity contribution in [1.82, 2.24) is 0 Å². The molecule has 0 bridgehead atoms. The highest BCUT2D eigenvalue weighted by Crippen LogP contribution is 2.34. The van der Waals surface area contributed by atoms with E-state index in [1.807, 2.05) is 47.4 Å². The molecule has 0 saturated heterocycles. The summed E-state index contributed by atoms with van der Waals surface area (Å²) in [5.41, 5.74) is 8.07. The molecule has 3 rings (SSSR count). The molecule has 1 unspecified atom stereocenters. The van der Waals surface area contributed by atoms with Crippen LogP contribution in [-0.2, 0) is 0 Å². The van der Waals surface area contributed by atoms with E-state index in [0.717, 1.165) is 15.7 Å². The highest BCUT2D eigenvalue weighted by atomic mass is 79.9. The van der Waals surface area contributed by atoms with Crippen molar-refractivity contribution in [1.29, 1.82) is 0 Å². The molecule has 1 aliphatic rings. The predicted molar refractivity (Wildman–Crippen MR) is 92.3 cm³/mol. The minimum absolute atomic E-state index is 0.0389. The molecule has 6 heteroatoms. The van der Waals surface area contributed by atoms with E-state index in [1.54, 1.807) is 0 Å². The Morgan fingerprint density at radius 3 is 2.71 bits per heavy atom. The number of hydrogen-bond donors (Lipinski definition) is 1. The van der Waals surface area contributed by atoms with E-state index in [1.165, 1.54) is 0 Å². The Bertz CT molecular complexity index is 718. The van der Waals surface area contributed by atoms with Gasteiger partial charge in [0.2, 0.25) is 0 Å². The van der Waals surface area contributed by atoms with E-state index < -0.39 is 0 Å². The second-order valence-electron chi connectivity index (χ2n) is 4.74. The lowest BCUT2D eigenvalue weighted by Gasteiger charge is -2.27. The number of benzene rings is 2. The van der Waals surface area contributed by atoms with Gasteiger partial charge in [0.1, 0.15) is 0 Å². The van der Waals surface area contributed by atoms with Gasteiger partial charge < -0.3 is 10.6 Å². The van der Waals surface area contributed by atoms with Gasteiger partial charge in [-0.3, -0.25) is 4.99 Å². The molecular weight excluding hydrogens is 373 g/mol. The van der Waals surface area contributed by atoms with Crippen LogP contribution in [0, 0.1) is 0 Å². The first-order valence-corrected chi connectivity index (χ1v) is 7.91. The lowest BCUT2D eigenvalue weighted by Crippen LogP contribution is -2.36. The quantitative estimate of drug-likeness (QED) is 0.819. The molecule has 1 aliphatic heterocycles. The van der Waals surface area contributed by atoms with Gasteiger partial charge in [-0.1, -0.05) is 35.3 Å². The van der Waals surface area contributed by atoms with Crippen molar-refractivity contribution in [2.75, 3.05) is 11.4 Å². The summed E-state index contributed by atoms with van der Waals surface area (Å²) in [5, 5.41) is 1.35. The Morgan fingerprint density at radius 1 is 1.19 bits per heavy atom. The van der Waals surface area contributed by atoms with Crippen LogP contribution in [0.15, 0.2) is 51.9 Å². The number of nitrogens with zero attached hydrogens (tertiary/aromatic N) is 2. The second kappa shape index (κ2) is 5.87. The van der Waals surface area contributed by atoms with Crippen molar-refractivity contribution in [3.8, 4) is 0 Å². The van der Waals surface area contributed by atoms with Crippen molar-refractivity contribution in [3.05, 3.63) is 62.5 Å². The SMILES string of the molecule is NC1=NCC(c2ccc(Cl)c(Br)c2)N1c1cccc(Cl)c1. The maximum Gasteiger partial charge on any atom is 0.196 e. The summed E-state index contributed by atoms with van der Waals surface area (Å²) in [7, 11) is 0. The standard InChI is InChI=1S/C15H12BrCl2N3/c16-12-6-9(4-5-13(12)18)14-8-20-15(19)21(14)11-3-1-2-10(17)7-11/h1-7,14H,8H2,(H2,19,20). The van der Waals surface area contributed by atoms with Crippen molar-refractivity contribution < 1.29 is 0 Å². The van der Waals surface area contributed by atoms with Crippen molar-refractivity contribution in [3.63, 3.8) is 0 Å². The molecule has 1 atom stereocenters. The van der Waals surface area contributed by atoms with E-state index in [9.17, 15) is 0 Å². The van der Waals surface area contributed by atoms with Crippen LogP contribution in [0.2, 0.25) is 10.0 Å². The summed E-state index contributed by atoms with van der Waals surface area (Å²) >= 11 is 15.6. The molecule has 21 heavy (non-hydrogen) atoms. The number of guanidine groups is 1. The van der Waals surface area contributed by atoms with Gasteiger partial charge in [-0.25, -0.2) is 0 Å². The number of anilines is 1. The summed E-state index contributed by atoms with van der Waals surface area (Å²) in [5.74, 6) is 0.494. The Kier molecular flexibility index (Phi) is 4.11. The van der Waals surface area contributed by atoms with Crippen LogP contribution < -0.4 is 10.6 Å². The van der Waals surface area contributed by atoms with Gasteiger partial charge in [-0.15, -0.1) is 0 Å². The largest absolute Gasteiger partial charge is 0.369 e. The van der Waals surface area contributed by atoms with Crippen molar-refractivity contribution in [2.24, 2.45) is 10.7 Å². The number of aliphatic imine (C=N–C) groups is 1. The molecule has 108 valence electrons. The first-order chi connectivity index (χ1) is 10.1. The third kappa shape index (κ3) is 2.89. The Labute approximate surface area is 141 Å². The van der Waals surface area contributed by atoms with Gasteiger partial charge in [0, 0.05) is 15.2 Å². The van der Waals surface area contributed by atoms with Gasteiger partial charge in [0.05, 0.1) is 17.6 Å². The molecule has 2 N–H and O–H groups in total. The van der Waals surface area contributed by atoms with Crippen LogP contribution in [0.4, 0.5) is 5.69 Å². The highest BCUT2D eigenvalue weighted by Gasteiger charge is 2.29. The maximum absolute atomic E-state index is 6.08. The lowest BCUT2D eigenvalue weighted by atomic mass is 10.1. The fourth-order valence-corrected chi connectivity index (χ4v) is 3.11. The summed E-state index contributed by atoms with van der Waals surface area (Å²) < 4.78 is 0.859. The lowest BCUT2D eigenvalue weighted by molar-refractivity contribution is 0.768. The van der Waals surface area contributed by atoms with Crippen molar-refractivity contribution >= 4 is 50.8 Å². The third-order valence-electron chi connectivity index (χ3n) is 3.40. The summed E-state index contributed by atoms with van der Waals surface area (Å²) in [6.45, 7) is 0.604. The molecule has 0 spiro atoms. The van der Waals surface area contributed by atoms with E-state index in [0.29, 0.717) is 22.5 Å². The highest BCUT2D eigenvalue weighted by molar-refractivity contribution is 9.10. The number of nitrogens with two attached hydrogens (primary N) is 1. The van der Waals surface area contributed by atoms with Crippen molar-refractivity contribution in [2.45, 2.75) is 6.04 Å². The molecule has 0 amide bonds. The Morgan fingerprint density at radius 2 is 2.00 bits per heavy atom. The molecule has 3 nitrogen and oxygen atoms in total. The number of halogens is 3. The Balaban J connectivity index is 2.00. The molecule has 1 heterocycles. The summed E-state index contributed by atoms with van der Waals surface area (Å²) in [6, 6.07) is 13.5. The van der Waals surface area contributed by atoms with Crippen LogP contribution in [0.5, 0.6) is 0 Å². The zero-order valence-corrected chi connectivity index (χ0v) is 14.0. The second-order valence-corrected chi connectivity index (χ2v) is 6.44. The molecule has 2 aromatic rings. The number of rotatable bonds is 2. The van der Waals surface area contributed by atoms with Crippen LogP contribution in [-0.4, -0.2) is 12.5 Å².